The van der Waals surface area contributed by atoms with Crippen LogP contribution in [0.5, 0.6) is 5.75 Å². The SMILES string of the molecule is O=C(COc1ccc(Cl)c(F)c1)N[C@H]1CC[C@H](C(=O)Nc2ccc3cc(Cl)ccc3n2)CC1. The van der Waals surface area contributed by atoms with E-state index in [0.717, 1.165) is 17.0 Å². The minimum Gasteiger partial charge on any atom is -0.484 e. The van der Waals surface area contributed by atoms with Gasteiger partial charge in [-0.3, -0.25) is 9.59 Å². The van der Waals surface area contributed by atoms with Gasteiger partial charge in [-0.1, -0.05) is 23.2 Å². The predicted octanol–water partition coefficient (Wildman–Crippen LogP) is 5.37. The van der Waals surface area contributed by atoms with Crippen LogP contribution in [0.15, 0.2) is 48.5 Å². The van der Waals surface area contributed by atoms with Crippen LogP contribution in [-0.2, 0) is 9.59 Å². The fourth-order valence-electron chi connectivity index (χ4n) is 3.88. The number of amides is 2. The topological polar surface area (TPSA) is 80.3 Å². The first kappa shape index (κ1) is 23.3. The van der Waals surface area contributed by atoms with Crippen molar-refractivity contribution in [2.45, 2.75) is 31.7 Å². The number of carbonyl (C=O) groups excluding carboxylic acids is 2. The van der Waals surface area contributed by atoms with Crippen molar-refractivity contribution in [1.29, 1.82) is 0 Å². The molecule has 9 heteroatoms. The average molecular weight is 490 g/mol. The van der Waals surface area contributed by atoms with Crippen molar-refractivity contribution >= 4 is 51.7 Å². The van der Waals surface area contributed by atoms with Crippen LogP contribution in [0, 0.1) is 11.7 Å². The maximum absolute atomic E-state index is 13.4. The Hall–Kier alpha value is -2.90. The molecule has 33 heavy (non-hydrogen) atoms. The molecule has 0 unspecified atom stereocenters. The minimum absolute atomic E-state index is 0.00564. The summed E-state index contributed by atoms with van der Waals surface area (Å²) in [5.41, 5.74) is 0.757. The Bertz CT molecular complexity index is 1180. The molecule has 1 aromatic heterocycles. The van der Waals surface area contributed by atoms with E-state index in [1.165, 1.54) is 12.1 Å². The Morgan fingerprint density at radius 2 is 1.82 bits per heavy atom. The van der Waals surface area contributed by atoms with Gasteiger partial charge in [-0.25, -0.2) is 9.37 Å². The maximum Gasteiger partial charge on any atom is 0.258 e. The van der Waals surface area contributed by atoms with E-state index in [1.807, 2.05) is 18.2 Å². The van der Waals surface area contributed by atoms with E-state index in [9.17, 15) is 14.0 Å². The lowest BCUT2D eigenvalue weighted by Crippen LogP contribution is -2.41. The zero-order chi connectivity index (χ0) is 23.4. The van der Waals surface area contributed by atoms with Gasteiger partial charge in [-0.05, 0) is 68.1 Å². The highest BCUT2D eigenvalue weighted by molar-refractivity contribution is 6.31. The zero-order valence-electron chi connectivity index (χ0n) is 17.6. The number of ether oxygens (including phenoxy) is 1. The summed E-state index contributed by atoms with van der Waals surface area (Å²) in [4.78, 5) is 29.3. The molecule has 1 aliphatic carbocycles. The van der Waals surface area contributed by atoms with E-state index in [-0.39, 0.29) is 41.2 Å². The number of aromatic nitrogens is 1. The molecule has 2 amide bonds. The Balaban J connectivity index is 1.22. The van der Waals surface area contributed by atoms with E-state index in [1.54, 1.807) is 12.1 Å². The van der Waals surface area contributed by atoms with Crippen LogP contribution < -0.4 is 15.4 Å². The molecule has 2 N–H and O–H groups in total. The highest BCUT2D eigenvalue weighted by Gasteiger charge is 2.27. The lowest BCUT2D eigenvalue weighted by Gasteiger charge is -2.28. The van der Waals surface area contributed by atoms with Crippen LogP contribution in [-0.4, -0.2) is 29.4 Å². The van der Waals surface area contributed by atoms with Gasteiger partial charge in [0.25, 0.3) is 5.91 Å². The van der Waals surface area contributed by atoms with E-state index >= 15 is 0 Å². The summed E-state index contributed by atoms with van der Waals surface area (Å²) in [6, 6.07) is 13.0. The maximum atomic E-state index is 13.4. The molecule has 1 fully saturated rings. The normalized spacial score (nSPS) is 18.0. The molecule has 0 atom stereocenters. The molecule has 3 aromatic rings. The number of anilines is 1. The number of hydrogen-bond acceptors (Lipinski definition) is 4. The summed E-state index contributed by atoms with van der Waals surface area (Å²) in [7, 11) is 0. The number of hydrogen-bond donors (Lipinski definition) is 2. The average Bonchev–Trinajstić information content (AvgIpc) is 2.80. The molecule has 1 saturated carbocycles. The van der Waals surface area contributed by atoms with Crippen LogP contribution in [0.1, 0.15) is 25.7 Å². The highest BCUT2D eigenvalue weighted by atomic mass is 35.5. The first-order chi connectivity index (χ1) is 15.9. The lowest BCUT2D eigenvalue weighted by molar-refractivity contribution is -0.124. The molecule has 0 spiro atoms. The number of halogens is 3. The fraction of sp³-hybridized carbons (Fsp3) is 0.292. The summed E-state index contributed by atoms with van der Waals surface area (Å²) in [6.45, 7) is -0.222. The van der Waals surface area contributed by atoms with Gasteiger partial charge in [0.15, 0.2) is 6.61 Å². The van der Waals surface area contributed by atoms with Crippen molar-refractivity contribution in [3.05, 3.63) is 64.4 Å². The van der Waals surface area contributed by atoms with Crippen LogP contribution in [0.4, 0.5) is 10.2 Å². The molecule has 2 aromatic carbocycles. The smallest absolute Gasteiger partial charge is 0.258 e. The molecule has 6 nitrogen and oxygen atoms in total. The minimum atomic E-state index is -0.602. The van der Waals surface area contributed by atoms with E-state index in [2.05, 4.69) is 15.6 Å². The quantitative estimate of drug-likeness (QED) is 0.487. The van der Waals surface area contributed by atoms with Gasteiger partial charge in [0.2, 0.25) is 5.91 Å². The molecule has 0 aliphatic heterocycles. The Morgan fingerprint density at radius 1 is 1.03 bits per heavy atom. The monoisotopic (exact) mass is 489 g/mol. The second-order valence-electron chi connectivity index (χ2n) is 8.00. The number of pyridine rings is 1. The van der Waals surface area contributed by atoms with Crippen molar-refractivity contribution in [1.82, 2.24) is 10.3 Å². The molecule has 0 radical (unpaired) electrons. The van der Waals surface area contributed by atoms with Crippen molar-refractivity contribution in [2.75, 3.05) is 11.9 Å². The number of carbonyl (C=O) groups is 2. The molecular weight excluding hydrogens is 468 g/mol. The standard InChI is InChI=1S/C24H22Cl2FN3O3/c25-16-4-9-21-15(11-16)3-10-22(29-21)30-24(32)14-1-5-17(6-2-14)28-23(31)13-33-18-7-8-19(26)20(27)12-18/h3-4,7-12,14,17H,1-2,5-6,13H2,(H,28,31)(H,29,30,32)/t14-,17-. The van der Waals surface area contributed by atoms with Gasteiger partial charge in [0.1, 0.15) is 17.4 Å². The highest BCUT2D eigenvalue weighted by Crippen LogP contribution is 2.26. The zero-order valence-corrected chi connectivity index (χ0v) is 19.1. The molecule has 4 rings (SSSR count). The van der Waals surface area contributed by atoms with Gasteiger partial charge in [0, 0.05) is 28.4 Å². The molecule has 1 aliphatic rings. The van der Waals surface area contributed by atoms with Crippen LogP contribution >= 0.6 is 23.2 Å². The number of nitrogens with zero attached hydrogens (tertiary/aromatic N) is 1. The number of rotatable bonds is 6. The number of benzene rings is 2. The predicted molar refractivity (Wildman–Crippen MR) is 126 cm³/mol. The summed E-state index contributed by atoms with van der Waals surface area (Å²) in [5.74, 6) is -0.380. The molecule has 0 saturated heterocycles. The first-order valence-corrected chi connectivity index (χ1v) is 11.4. The van der Waals surface area contributed by atoms with E-state index in [4.69, 9.17) is 27.9 Å². The van der Waals surface area contributed by atoms with Gasteiger partial charge >= 0.3 is 0 Å². The third kappa shape index (κ3) is 6.12. The molecule has 172 valence electrons. The number of nitrogens with one attached hydrogen (secondary N) is 2. The van der Waals surface area contributed by atoms with Crippen molar-refractivity contribution in [3.8, 4) is 5.75 Å². The summed E-state index contributed by atoms with van der Waals surface area (Å²) >= 11 is 11.6. The Morgan fingerprint density at radius 3 is 2.58 bits per heavy atom. The third-order valence-electron chi connectivity index (χ3n) is 5.63. The van der Waals surface area contributed by atoms with Crippen LogP contribution in [0.3, 0.4) is 0 Å². The van der Waals surface area contributed by atoms with Gasteiger partial charge in [-0.2, -0.15) is 0 Å². The van der Waals surface area contributed by atoms with E-state index in [0.29, 0.717) is 36.5 Å². The van der Waals surface area contributed by atoms with Gasteiger partial charge in [0.05, 0.1) is 10.5 Å². The first-order valence-electron chi connectivity index (χ1n) is 10.6. The summed E-state index contributed by atoms with van der Waals surface area (Å²) in [6.07, 6.45) is 2.68. The second-order valence-corrected chi connectivity index (χ2v) is 8.85. The third-order valence-corrected chi connectivity index (χ3v) is 6.17. The lowest BCUT2D eigenvalue weighted by atomic mass is 9.85. The Kier molecular flexibility index (Phi) is 7.30. The second kappa shape index (κ2) is 10.4. The van der Waals surface area contributed by atoms with Gasteiger partial charge in [-0.15, -0.1) is 0 Å². The fourth-order valence-corrected chi connectivity index (χ4v) is 4.18. The number of fused-ring (bicyclic) bond motifs is 1. The van der Waals surface area contributed by atoms with Gasteiger partial charge < -0.3 is 15.4 Å². The Labute approximate surface area is 200 Å². The van der Waals surface area contributed by atoms with Crippen LogP contribution in [0.2, 0.25) is 10.0 Å². The largest absolute Gasteiger partial charge is 0.484 e. The summed E-state index contributed by atoms with van der Waals surface area (Å²) in [5, 5.41) is 7.33. The van der Waals surface area contributed by atoms with Crippen molar-refractivity contribution in [2.24, 2.45) is 5.92 Å². The molecule has 1 heterocycles. The summed E-state index contributed by atoms with van der Waals surface area (Å²) < 4.78 is 18.8. The molecular formula is C24H22Cl2FN3O3. The van der Waals surface area contributed by atoms with E-state index < -0.39 is 5.82 Å². The van der Waals surface area contributed by atoms with Crippen molar-refractivity contribution < 1.29 is 18.7 Å². The van der Waals surface area contributed by atoms with Crippen molar-refractivity contribution in [3.63, 3.8) is 0 Å². The molecule has 0 bridgehead atoms. The van der Waals surface area contributed by atoms with Crippen LogP contribution in [0.25, 0.3) is 10.9 Å².